The third-order valence-electron chi connectivity index (χ3n) is 6.46. The Balaban J connectivity index is 1.33. The van der Waals surface area contributed by atoms with Crippen LogP contribution in [0.25, 0.3) is 0 Å². The summed E-state index contributed by atoms with van der Waals surface area (Å²) in [5.74, 6) is 2.64. The number of benzene rings is 1. The molecule has 1 aliphatic carbocycles. The van der Waals surface area contributed by atoms with Gasteiger partial charge in [-0.15, -0.1) is 5.10 Å². The number of aryl methyl sites for hydroxylation is 1. The van der Waals surface area contributed by atoms with Gasteiger partial charge in [0.05, 0.1) is 0 Å². The van der Waals surface area contributed by atoms with Crippen LogP contribution in [0.1, 0.15) is 32.4 Å². The summed E-state index contributed by atoms with van der Waals surface area (Å²) in [7, 11) is 0. The molecule has 0 radical (unpaired) electrons. The second-order valence-corrected chi connectivity index (χ2v) is 10.1. The maximum Gasteiger partial charge on any atom is 0.322 e. The van der Waals surface area contributed by atoms with Gasteiger partial charge in [-0.25, -0.2) is 19.0 Å². The molecule has 2 aliphatic rings. The molecule has 3 atom stereocenters. The Hall–Kier alpha value is -2.94. The first-order chi connectivity index (χ1) is 16.3. The number of hydrogen-bond acceptors (Lipinski definition) is 7. The van der Waals surface area contributed by atoms with Crippen LogP contribution >= 0.6 is 11.6 Å². The van der Waals surface area contributed by atoms with Gasteiger partial charge < -0.3 is 15.0 Å². The largest absolute Gasteiger partial charge is 0.424 e. The smallest absolute Gasteiger partial charge is 0.322 e. The molecule has 3 aromatic rings. The number of aromatic nitrogens is 5. The van der Waals surface area contributed by atoms with E-state index in [0.29, 0.717) is 42.0 Å². The van der Waals surface area contributed by atoms with Gasteiger partial charge in [0, 0.05) is 48.5 Å². The van der Waals surface area contributed by atoms with E-state index in [-0.39, 0.29) is 11.1 Å². The monoisotopic (exact) mass is 485 g/mol. The molecule has 0 amide bonds. The molecule has 34 heavy (non-hydrogen) atoms. The second-order valence-electron chi connectivity index (χ2n) is 9.69. The van der Waals surface area contributed by atoms with Crippen LogP contribution in [0.15, 0.2) is 30.6 Å². The number of fused-ring (bicyclic) bond motifs is 2. The Kier molecular flexibility index (Phi) is 6.29. The van der Waals surface area contributed by atoms with E-state index in [1.165, 1.54) is 12.1 Å². The van der Waals surface area contributed by atoms with E-state index in [1.807, 2.05) is 13.0 Å². The van der Waals surface area contributed by atoms with Crippen LogP contribution in [0.3, 0.4) is 0 Å². The number of piperidine rings is 1. The summed E-state index contributed by atoms with van der Waals surface area (Å²) in [5.41, 5.74) is 0.976. The maximum atomic E-state index is 13.8. The minimum Gasteiger partial charge on any atom is -0.424 e. The Morgan fingerprint density at radius 2 is 1.91 bits per heavy atom. The van der Waals surface area contributed by atoms with Gasteiger partial charge in [-0.1, -0.05) is 25.4 Å². The molecule has 2 aromatic heterocycles. The molecule has 1 saturated carbocycles. The van der Waals surface area contributed by atoms with Crippen molar-refractivity contribution in [1.29, 1.82) is 0 Å². The van der Waals surface area contributed by atoms with Crippen molar-refractivity contribution >= 4 is 23.4 Å². The zero-order valence-corrected chi connectivity index (χ0v) is 20.3. The van der Waals surface area contributed by atoms with Crippen LogP contribution < -0.4 is 15.0 Å². The van der Waals surface area contributed by atoms with E-state index < -0.39 is 5.82 Å². The lowest BCUT2D eigenvalue weighted by molar-refractivity contribution is 0.369. The molecule has 3 heterocycles. The number of hydrogen-bond donors (Lipinski definition) is 1. The highest BCUT2D eigenvalue weighted by Crippen LogP contribution is 2.40. The van der Waals surface area contributed by atoms with Crippen molar-refractivity contribution in [3.8, 4) is 11.8 Å². The minimum atomic E-state index is -0.460. The topological polar surface area (TPSA) is 81.0 Å². The highest BCUT2D eigenvalue weighted by atomic mass is 35.5. The highest BCUT2D eigenvalue weighted by molar-refractivity contribution is 6.30. The van der Waals surface area contributed by atoms with Crippen molar-refractivity contribution in [2.45, 2.75) is 46.2 Å². The van der Waals surface area contributed by atoms with Crippen LogP contribution in [0.4, 0.5) is 16.2 Å². The fourth-order valence-electron chi connectivity index (χ4n) is 5.03. The number of ether oxygens (including phenoxy) is 1. The van der Waals surface area contributed by atoms with Gasteiger partial charge >= 0.3 is 6.01 Å². The van der Waals surface area contributed by atoms with E-state index in [2.05, 4.69) is 44.1 Å². The van der Waals surface area contributed by atoms with Gasteiger partial charge in [0.15, 0.2) is 0 Å². The first kappa shape index (κ1) is 22.8. The molecule has 2 bridgehead atoms. The average molecular weight is 486 g/mol. The molecule has 1 saturated heterocycles. The summed E-state index contributed by atoms with van der Waals surface area (Å²) in [4.78, 5) is 15.7. The fourth-order valence-corrected chi connectivity index (χ4v) is 5.24. The molecule has 1 aliphatic heterocycles. The number of rotatable bonds is 7. The summed E-state index contributed by atoms with van der Waals surface area (Å²) in [6, 6.07) is 6.75. The van der Waals surface area contributed by atoms with Crippen molar-refractivity contribution < 1.29 is 9.13 Å². The first-order valence-electron chi connectivity index (χ1n) is 11.7. The van der Waals surface area contributed by atoms with Crippen molar-refractivity contribution in [2.75, 3.05) is 23.3 Å². The third kappa shape index (κ3) is 4.94. The second kappa shape index (κ2) is 9.37. The summed E-state index contributed by atoms with van der Waals surface area (Å²) < 4.78 is 21.4. The van der Waals surface area contributed by atoms with E-state index in [1.54, 1.807) is 17.1 Å². The minimum absolute atomic E-state index is 0.269. The van der Waals surface area contributed by atoms with Crippen molar-refractivity contribution in [3.05, 3.63) is 47.1 Å². The Morgan fingerprint density at radius 1 is 1.15 bits per heavy atom. The molecular weight excluding hydrogens is 457 g/mol. The maximum absolute atomic E-state index is 13.8. The van der Waals surface area contributed by atoms with Crippen molar-refractivity contribution in [2.24, 2.45) is 17.8 Å². The average Bonchev–Trinajstić information content (AvgIpc) is 3.21. The van der Waals surface area contributed by atoms with Gasteiger partial charge in [-0.3, -0.25) is 0 Å². The number of nitrogens with one attached hydrogen (secondary N) is 1. The summed E-state index contributed by atoms with van der Waals surface area (Å²) in [5, 5.41) is 8.53. The zero-order valence-electron chi connectivity index (χ0n) is 19.6. The van der Waals surface area contributed by atoms with Gasteiger partial charge in [0.25, 0.3) is 0 Å². The normalized spacial score (nSPS) is 21.8. The van der Waals surface area contributed by atoms with Crippen molar-refractivity contribution in [3.63, 3.8) is 0 Å². The quantitative estimate of drug-likeness (QED) is 0.507. The Labute approximate surface area is 203 Å². The molecule has 180 valence electrons. The van der Waals surface area contributed by atoms with Crippen LogP contribution in [0, 0.1) is 30.5 Å². The molecular formula is C24H29ClFN7O. The van der Waals surface area contributed by atoms with Crippen LogP contribution in [-0.2, 0) is 6.54 Å². The van der Waals surface area contributed by atoms with Crippen LogP contribution in [0.5, 0.6) is 11.8 Å². The molecule has 5 rings (SSSR count). The lowest BCUT2D eigenvalue weighted by atomic mass is 9.92. The Morgan fingerprint density at radius 3 is 2.59 bits per heavy atom. The summed E-state index contributed by atoms with van der Waals surface area (Å²) >= 11 is 5.99. The first-order valence-corrected chi connectivity index (χ1v) is 12.1. The number of nitrogens with zero attached hydrogens (tertiary/aromatic N) is 6. The lowest BCUT2D eigenvalue weighted by Gasteiger charge is -2.38. The highest BCUT2D eigenvalue weighted by Gasteiger charge is 2.43. The molecule has 1 N–H and O–H groups in total. The molecule has 0 spiro atoms. The predicted molar refractivity (Wildman–Crippen MR) is 129 cm³/mol. The fraction of sp³-hybridized carbons (Fsp3) is 0.500. The summed E-state index contributed by atoms with van der Waals surface area (Å²) in [6.45, 7) is 8.69. The van der Waals surface area contributed by atoms with Gasteiger partial charge in [-0.2, -0.15) is 4.98 Å². The van der Waals surface area contributed by atoms with Crippen molar-refractivity contribution in [1.82, 2.24) is 24.7 Å². The SMILES string of the molecule is Cc1cc(N2C[C@H]3CC[C@@H](C2)[C@@H]3Nc2nc(Oc3cc(F)cc(Cl)c3)n(CC(C)C)n2)ncn1. The molecule has 8 nitrogen and oxygen atoms in total. The molecule has 0 unspecified atom stereocenters. The summed E-state index contributed by atoms with van der Waals surface area (Å²) in [6.07, 6.45) is 3.94. The van der Waals surface area contributed by atoms with E-state index >= 15 is 0 Å². The molecule has 2 fully saturated rings. The van der Waals surface area contributed by atoms with E-state index in [4.69, 9.17) is 16.3 Å². The van der Waals surface area contributed by atoms with Gasteiger partial charge in [0.2, 0.25) is 5.95 Å². The molecule has 10 heteroatoms. The standard InChI is InChI=1S/C24H29ClFN7O/c1-14(2)10-33-24(34-20-8-18(25)7-19(26)9-20)30-23(31-33)29-22-16-4-5-17(22)12-32(11-16)21-6-15(3)27-13-28-21/h6-9,13-14,16-17,22H,4-5,10-12H2,1-3H3,(H,29,31)/t16-,17+,22-. The van der Waals surface area contributed by atoms with E-state index in [0.717, 1.165) is 37.4 Å². The zero-order chi connectivity index (χ0) is 23.8. The Bertz CT molecular complexity index is 1140. The third-order valence-corrected chi connectivity index (χ3v) is 6.68. The lowest BCUT2D eigenvalue weighted by Crippen LogP contribution is -2.48. The van der Waals surface area contributed by atoms with Crippen LogP contribution in [-0.4, -0.2) is 43.9 Å². The predicted octanol–water partition coefficient (Wildman–Crippen LogP) is 4.94. The molecule has 1 aromatic carbocycles. The van der Waals surface area contributed by atoms with Crippen LogP contribution in [0.2, 0.25) is 5.02 Å². The van der Waals surface area contributed by atoms with E-state index in [9.17, 15) is 4.39 Å². The van der Waals surface area contributed by atoms with Gasteiger partial charge in [-0.05, 0) is 49.7 Å². The number of anilines is 2. The number of halogens is 2. The van der Waals surface area contributed by atoms with Gasteiger partial charge in [0.1, 0.15) is 23.7 Å².